The Hall–Kier alpha value is -2.61. The van der Waals surface area contributed by atoms with Gasteiger partial charge in [0.05, 0.1) is 30.5 Å². The van der Waals surface area contributed by atoms with E-state index >= 15 is 0 Å². The number of rotatable bonds is 3. The molecule has 0 N–H and O–H groups in total. The van der Waals surface area contributed by atoms with E-state index in [2.05, 4.69) is 15.3 Å². The molecule has 0 radical (unpaired) electrons. The highest BCUT2D eigenvalue weighted by Gasteiger charge is 2.17. The van der Waals surface area contributed by atoms with E-state index in [4.69, 9.17) is 4.74 Å². The summed E-state index contributed by atoms with van der Waals surface area (Å²) >= 11 is 0. The van der Waals surface area contributed by atoms with Crippen molar-refractivity contribution in [3.8, 4) is 0 Å². The number of ether oxygens (including phenoxy) is 1. The summed E-state index contributed by atoms with van der Waals surface area (Å²) in [7, 11) is 0. The van der Waals surface area contributed by atoms with Crippen LogP contribution in [-0.4, -0.2) is 37.8 Å². The Morgan fingerprint density at radius 2 is 2.12 bits per heavy atom. The minimum absolute atomic E-state index is 0.0876. The molecular weight excluding hydrogens is 313 g/mol. The number of nitrogens with zero attached hydrogens (tertiary/aromatic N) is 5. The topological polar surface area (TPSA) is 74.8 Å². The Balaban J connectivity index is 1.62. The first-order chi connectivity index (χ1) is 11.7. The van der Waals surface area contributed by atoms with Gasteiger partial charge in [0, 0.05) is 13.2 Å². The number of halogens is 1. The first-order valence-corrected chi connectivity index (χ1v) is 7.84. The summed E-state index contributed by atoms with van der Waals surface area (Å²) in [5, 5.41) is 8.55. The summed E-state index contributed by atoms with van der Waals surface area (Å²) in [5.41, 5.74) is 0.464. The van der Waals surface area contributed by atoms with Gasteiger partial charge in [-0.3, -0.25) is 9.36 Å². The van der Waals surface area contributed by atoms with Crippen LogP contribution in [0.15, 0.2) is 35.5 Å². The number of para-hydroxylation sites is 1. The Kier molecular flexibility index (Phi) is 3.81. The molecule has 1 aromatic carbocycles. The van der Waals surface area contributed by atoms with Gasteiger partial charge in [-0.1, -0.05) is 11.3 Å². The summed E-state index contributed by atoms with van der Waals surface area (Å²) in [4.78, 5) is 16.5. The highest BCUT2D eigenvalue weighted by molar-refractivity contribution is 5.77. The molecule has 3 heterocycles. The third-order valence-corrected chi connectivity index (χ3v) is 4.26. The first-order valence-electron chi connectivity index (χ1n) is 7.84. The summed E-state index contributed by atoms with van der Waals surface area (Å²) in [6, 6.07) is 4.65. The van der Waals surface area contributed by atoms with Crippen molar-refractivity contribution in [3.05, 3.63) is 52.6 Å². The van der Waals surface area contributed by atoms with Crippen LogP contribution in [-0.2, 0) is 11.3 Å². The maximum Gasteiger partial charge on any atom is 0.261 e. The fraction of sp³-hybridized carbons (Fsp3) is 0.375. The zero-order valence-electron chi connectivity index (χ0n) is 12.9. The monoisotopic (exact) mass is 329 g/mol. The maximum absolute atomic E-state index is 13.7. The minimum atomic E-state index is -0.498. The average molecular weight is 329 g/mol. The second-order valence-corrected chi connectivity index (χ2v) is 5.85. The highest BCUT2D eigenvalue weighted by atomic mass is 19.1. The van der Waals surface area contributed by atoms with Gasteiger partial charge in [0.25, 0.3) is 5.56 Å². The van der Waals surface area contributed by atoms with Gasteiger partial charge >= 0.3 is 0 Å². The molecule has 0 unspecified atom stereocenters. The molecule has 7 nitrogen and oxygen atoms in total. The number of fused-ring (bicyclic) bond motifs is 1. The second-order valence-electron chi connectivity index (χ2n) is 5.85. The quantitative estimate of drug-likeness (QED) is 0.728. The molecule has 4 rings (SSSR count). The Morgan fingerprint density at radius 1 is 1.29 bits per heavy atom. The summed E-state index contributed by atoms with van der Waals surface area (Å²) in [6.07, 6.45) is 5.00. The molecule has 1 aliphatic heterocycles. The summed E-state index contributed by atoms with van der Waals surface area (Å²) in [6.45, 7) is 1.69. The molecule has 1 aliphatic rings. The highest BCUT2D eigenvalue weighted by Crippen LogP contribution is 2.19. The Morgan fingerprint density at radius 3 is 2.96 bits per heavy atom. The van der Waals surface area contributed by atoms with E-state index in [0.29, 0.717) is 5.69 Å². The van der Waals surface area contributed by atoms with Crippen LogP contribution in [0.2, 0.25) is 0 Å². The molecule has 0 aliphatic carbocycles. The normalized spacial score (nSPS) is 15.9. The zero-order chi connectivity index (χ0) is 16.5. The average Bonchev–Trinajstić information content (AvgIpc) is 3.07. The van der Waals surface area contributed by atoms with E-state index in [-0.39, 0.29) is 29.0 Å². The smallest absolute Gasteiger partial charge is 0.261 e. The third kappa shape index (κ3) is 2.69. The lowest BCUT2D eigenvalue weighted by molar-refractivity contribution is 0.0657. The van der Waals surface area contributed by atoms with Gasteiger partial charge in [0.1, 0.15) is 17.0 Å². The molecule has 0 atom stereocenters. The van der Waals surface area contributed by atoms with E-state index in [9.17, 15) is 9.18 Å². The van der Waals surface area contributed by atoms with E-state index in [0.717, 1.165) is 26.1 Å². The Bertz CT molecular complexity index is 930. The maximum atomic E-state index is 13.7. The van der Waals surface area contributed by atoms with Crippen molar-refractivity contribution in [2.75, 3.05) is 13.2 Å². The van der Waals surface area contributed by atoms with Crippen LogP contribution in [0.5, 0.6) is 0 Å². The molecule has 0 saturated carbocycles. The molecule has 8 heteroatoms. The van der Waals surface area contributed by atoms with Crippen LogP contribution in [0.4, 0.5) is 4.39 Å². The van der Waals surface area contributed by atoms with Crippen molar-refractivity contribution in [1.29, 1.82) is 0 Å². The standard InChI is InChI=1S/C16H16FN5O2/c17-14-3-1-2-13-15(14)18-10-21(16(13)23)8-11-9-22(20-19-11)12-4-6-24-7-5-12/h1-3,9-10,12H,4-8H2. The van der Waals surface area contributed by atoms with Crippen LogP contribution in [0.3, 0.4) is 0 Å². The lowest BCUT2D eigenvalue weighted by atomic mass is 10.1. The van der Waals surface area contributed by atoms with Gasteiger partial charge < -0.3 is 4.74 Å². The van der Waals surface area contributed by atoms with Crippen LogP contribution >= 0.6 is 0 Å². The van der Waals surface area contributed by atoms with Crippen LogP contribution in [0.25, 0.3) is 10.9 Å². The van der Waals surface area contributed by atoms with E-state index < -0.39 is 5.82 Å². The molecule has 0 spiro atoms. The van der Waals surface area contributed by atoms with Gasteiger partial charge in [0.2, 0.25) is 0 Å². The van der Waals surface area contributed by atoms with Crippen molar-refractivity contribution in [3.63, 3.8) is 0 Å². The largest absolute Gasteiger partial charge is 0.381 e. The van der Waals surface area contributed by atoms with Gasteiger partial charge in [0.15, 0.2) is 0 Å². The van der Waals surface area contributed by atoms with E-state index in [1.165, 1.54) is 23.0 Å². The van der Waals surface area contributed by atoms with Gasteiger partial charge in [-0.2, -0.15) is 0 Å². The molecular formula is C16H16FN5O2. The number of benzene rings is 1. The van der Waals surface area contributed by atoms with Gasteiger partial charge in [-0.05, 0) is 25.0 Å². The summed E-state index contributed by atoms with van der Waals surface area (Å²) < 4.78 is 22.3. The van der Waals surface area contributed by atoms with E-state index in [1.54, 1.807) is 6.07 Å². The Labute approximate surface area is 136 Å². The fourth-order valence-corrected chi connectivity index (χ4v) is 2.95. The first kappa shape index (κ1) is 14.9. The van der Waals surface area contributed by atoms with Crippen molar-refractivity contribution >= 4 is 10.9 Å². The molecule has 0 amide bonds. The summed E-state index contributed by atoms with van der Waals surface area (Å²) in [5.74, 6) is -0.498. The molecule has 2 aromatic heterocycles. The van der Waals surface area contributed by atoms with Crippen molar-refractivity contribution in [2.24, 2.45) is 0 Å². The fourth-order valence-electron chi connectivity index (χ4n) is 2.95. The molecule has 1 saturated heterocycles. The minimum Gasteiger partial charge on any atom is -0.381 e. The van der Waals surface area contributed by atoms with Crippen LogP contribution in [0.1, 0.15) is 24.6 Å². The van der Waals surface area contributed by atoms with Crippen molar-refractivity contribution < 1.29 is 9.13 Å². The lowest BCUT2D eigenvalue weighted by Gasteiger charge is -2.21. The van der Waals surface area contributed by atoms with Crippen molar-refractivity contribution in [1.82, 2.24) is 24.5 Å². The number of aromatic nitrogens is 5. The molecule has 1 fully saturated rings. The van der Waals surface area contributed by atoms with E-state index in [1.807, 2.05) is 10.9 Å². The zero-order valence-corrected chi connectivity index (χ0v) is 12.9. The lowest BCUT2D eigenvalue weighted by Crippen LogP contribution is -2.21. The van der Waals surface area contributed by atoms with Crippen molar-refractivity contribution in [2.45, 2.75) is 25.4 Å². The predicted octanol–water partition coefficient (Wildman–Crippen LogP) is 1.53. The molecule has 3 aromatic rings. The van der Waals surface area contributed by atoms with Gasteiger partial charge in [-0.25, -0.2) is 14.1 Å². The third-order valence-electron chi connectivity index (χ3n) is 4.26. The number of hydrogen-bond acceptors (Lipinski definition) is 5. The predicted molar refractivity (Wildman–Crippen MR) is 84.2 cm³/mol. The van der Waals surface area contributed by atoms with Gasteiger partial charge in [-0.15, -0.1) is 5.10 Å². The molecule has 124 valence electrons. The SMILES string of the molecule is O=c1c2cccc(F)c2ncn1Cc1cn(C2CCOCC2)nn1. The number of hydrogen-bond donors (Lipinski definition) is 0. The molecule has 24 heavy (non-hydrogen) atoms. The second kappa shape index (κ2) is 6.12. The van der Waals surface area contributed by atoms with Crippen LogP contribution < -0.4 is 5.56 Å². The van der Waals surface area contributed by atoms with Crippen LogP contribution in [0, 0.1) is 5.82 Å². The molecule has 0 bridgehead atoms.